The minimum absolute atomic E-state index is 0.506. The van der Waals surface area contributed by atoms with Crippen LogP contribution in [0.3, 0.4) is 0 Å². The summed E-state index contributed by atoms with van der Waals surface area (Å²) >= 11 is 0. The van der Waals surface area contributed by atoms with Crippen LogP contribution >= 0.6 is 0 Å². The van der Waals surface area contributed by atoms with Crippen molar-refractivity contribution in [2.45, 2.75) is 32.4 Å². The Morgan fingerprint density at radius 2 is 1.96 bits per heavy atom. The van der Waals surface area contributed by atoms with Crippen LogP contribution < -0.4 is 4.74 Å². The minimum atomic E-state index is -1.09. The van der Waals surface area contributed by atoms with Gasteiger partial charge in [-0.2, -0.15) is 0 Å². The topological polar surface area (TPSA) is 65.0 Å². The van der Waals surface area contributed by atoms with Crippen molar-refractivity contribution in [3.63, 3.8) is 0 Å². The molecule has 0 spiro atoms. The molecular weight excluding hydrogens is 368 g/mol. The van der Waals surface area contributed by atoms with E-state index in [0.29, 0.717) is 6.73 Å². The molecule has 0 saturated heterocycles. The monoisotopic (exact) mass is 394 g/mol. The van der Waals surface area contributed by atoms with Gasteiger partial charge in [-0.1, -0.05) is 19.6 Å². The number of fused-ring (bicyclic) bond motifs is 2. The van der Waals surface area contributed by atoms with Crippen LogP contribution in [0.4, 0.5) is 0 Å². The zero-order valence-corrected chi connectivity index (χ0v) is 17.8. The van der Waals surface area contributed by atoms with E-state index in [9.17, 15) is 0 Å². The van der Waals surface area contributed by atoms with Crippen molar-refractivity contribution in [1.82, 2.24) is 19.5 Å². The van der Waals surface area contributed by atoms with Crippen LogP contribution in [0.5, 0.6) is 5.75 Å². The molecule has 3 aromatic heterocycles. The highest BCUT2D eigenvalue weighted by atomic mass is 28.3. The van der Waals surface area contributed by atoms with Crippen molar-refractivity contribution in [3.05, 3.63) is 43.0 Å². The second kappa shape index (κ2) is 7.41. The SMILES string of the molecule is COc1ccc2[nH]cc(-c3ncnc4c3ccn4COCC[Si](C)(C)C)c2c1. The van der Waals surface area contributed by atoms with Crippen LogP contribution in [0.25, 0.3) is 33.2 Å². The molecule has 4 aromatic rings. The highest BCUT2D eigenvalue weighted by Gasteiger charge is 2.15. The average molecular weight is 395 g/mol. The lowest BCUT2D eigenvalue weighted by Crippen LogP contribution is -2.22. The van der Waals surface area contributed by atoms with Crippen molar-refractivity contribution in [2.75, 3.05) is 13.7 Å². The van der Waals surface area contributed by atoms with Gasteiger partial charge in [0.25, 0.3) is 0 Å². The normalized spacial score (nSPS) is 12.1. The third kappa shape index (κ3) is 3.68. The Labute approximate surface area is 165 Å². The average Bonchev–Trinajstić information content (AvgIpc) is 3.28. The van der Waals surface area contributed by atoms with Gasteiger partial charge < -0.3 is 19.0 Å². The summed E-state index contributed by atoms with van der Waals surface area (Å²) < 4.78 is 13.3. The first-order valence-electron chi connectivity index (χ1n) is 9.49. The molecule has 0 fully saturated rings. The first-order chi connectivity index (χ1) is 13.5. The van der Waals surface area contributed by atoms with E-state index in [-0.39, 0.29) is 0 Å². The second-order valence-corrected chi connectivity index (χ2v) is 13.8. The molecule has 7 heteroatoms. The molecule has 0 amide bonds. The van der Waals surface area contributed by atoms with Crippen molar-refractivity contribution in [2.24, 2.45) is 0 Å². The summed E-state index contributed by atoms with van der Waals surface area (Å²) in [7, 11) is 0.593. The lowest BCUT2D eigenvalue weighted by Gasteiger charge is -2.15. The van der Waals surface area contributed by atoms with Crippen LogP contribution in [-0.2, 0) is 11.5 Å². The number of nitrogens with one attached hydrogen (secondary N) is 1. The van der Waals surface area contributed by atoms with Gasteiger partial charge >= 0.3 is 0 Å². The molecule has 0 aliphatic heterocycles. The number of hydrogen-bond donors (Lipinski definition) is 1. The van der Waals surface area contributed by atoms with Gasteiger partial charge in [-0.05, 0) is 30.3 Å². The van der Waals surface area contributed by atoms with E-state index in [1.54, 1.807) is 13.4 Å². The van der Waals surface area contributed by atoms with Crippen molar-refractivity contribution >= 4 is 30.0 Å². The fraction of sp³-hybridized carbons (Fsp3) is 0.333. The van der Waals surface area contributed by atoms with Crippen LogP contribution in [0.1, 0.15) is 0 Å². The smallest absolute Gasteiger partial charge is 0.145 e. The van der Waals surface area contributed by atoms with Gasteiger partial charge in [0, 0.05) is 48.9 Å². The van der Waals surface area contributed by atoms with Crippen LogP contribution in [0.15, 0.2) is 43.0 Å². The molecule has 1 aromatic carbocycles. The summed E-state index contributed by atoms with van der Waals surface area (Å²) in [5.74, 6) is 0.826. The highest BCUT2D eigenvalue weighted by Crippen LogP contribution is 2.33. The number of aromatic nitrogens is 4. The van der Waals surface area contributed by atoms with Gasteiger partial charge in [-0.15, -0.1) is 0 Å². The first kappa shape index (κ1) is 18.7. The van der Waals surface area contributed by atoms with E-state index in [1.807, 2.05) is 35.2 Å². The number of nitrogens with zero attached hydrogens (tertiary/aromatic N) is 3. The summed E-state index contributed by atoms with van der Waals surface area (Å²) in [6, 6.07) is 9.22. The summed E-state index contributed by atoms with van der Waals surface area (Å²) in [5, 5.41) is 2.10. The summed E-state index contributed by atoms with van der Waals surface area (Å²) in [6.07, 6.45) is 5.63. The predicted molar refractivity (Wildman–Crippen MR) is 115 cm³/mol. The molecule has 0 unspecified atom stereocenters. The molecule has 6 nitrogen and oxygen atoms in total. The molecule has 0 atom stereocenters. The Bertz CT molecular complexity index is 1110. The fourth-order valence-corrected chi connectivity index (χ4v) is 4.04. The highest BCUT2D eigenvalue weighted by molar-refractivity contribution is 6.76. The third-order valence-electron chi connectivity index (χ3n) is 4.93. The molecule has 0 radical (unpaired) electrons. The van der Waals surface area contributed by atoms with Gasteiger partial charge in [0.2, 0.25) is 0 Å². The molecule has 0 saturated carbocycles. The lowest BCUT2D eigenvalue weighted by atomic mass is 10.1. The van der Waals surface area contributed by atoms with Gasteiger partial charge in [0.1, 0.15) is 24.5 Å². The number of hydrogen-bond acceptors (Lipinski definition) is 4. The summed E-state index contributed by atoms with van der Waals surface area (Å²) in [6.45, 7) is 8.37. The molecule has 28 heavy (non-hydrogen) atoms. The predicted octanol–water partition coefficient (Wildman–Crippen LogP) is 4.90. The lowest BCUT2D eigenvalue weighted by molar-refractivity contribution is 0.0899. The largest absolute Gasteiger partial charge is 0.497 e. The first-order valence-corrected chi connectivity index (χ1v) is 13.2. The van der Waals surface area contributed by atoms with Crippen molar-refractivity contribution < 1.29 is 9.47 Å². The standard InChI is InChI=1S/C21H26N4O2Si/c1-26-15-5-6-19-17(11-15)18(12-22-19)20-16-7-8-25(21(16)24-13-23-20)14-27-9-10-28(2,3)4/h5-8,11-13,22H,9-10,14H2,1-4H3. The van der Waals surface area contributed by atoms with Crippen LogP contribution in [0.2, 0.25) is 25.7 Å². The maximum absolute atomic E-state index is 5.91. The molecule has 0 aliphatic rings. The summed E-state index contributed by atoms with van der Waals surface area (Å²) in [5.41, 5.74) is 3.89. The maximum atomic E-state index is 5.91. The Hall–Kier alpha value is -2.64. The van der Waals surface area contributed by atoms with Crippen LogP contribution in [0, 0.1) is 0 Å². The number of rotatable bonds is 7. The van der Waals surface area contributed by atoms with Gasteiger partial charge in [0.05, 0.1) is 12.8 Å². The molecule has 0 aliphatic carbocycles. The van der Waals surface area contributed by atoms with E-state index >= 15 is 0 Å². The number of aromatic amines is 1. The zero-order valence-electron chi connectivity index (χ0n) is 16.8. The minimum Gasteiger partial charge on any atom is -0.497 e. The molecule has 1 N–H and O–H groups in total. The number of methoxy groups -OCH3 is 1. The van der Waals surface area contributed by atoms with Gasteiger partial charge in [0.15, 0.2) is 0 Å². The van der Waals surface area contributed by atoms with Gasteiger partial charge in [-0.3, -0.25) is 0 Å². The Balaban J connectivity index is 1.66. The molecular formula is C21H26N4O2Si. The quantitative estimate of drug-likeness (QED) is 0.358. The molecule has 146 valence electrons. The molecule has 4 rings (SSSR count). The molecule has 0 bridgehead atoms. The number of ether oxygens (including phenoxy) is 2. The zero-order chi connectivity index (χ0) is 19.7. The fourth-order valence-electron chi connectivity index (χ4n) is 3.29. The van der Waals surface area contributed by atoms with E-state index in [2.05, 4.69) is 40.7 Å². The van der Waals surface area contributed by atoms with Crippen LogP contribution in [-0.4, -0.2) is 41.3 Å². The Kier molecular flexibility index (Phi) is 4.95. The second-order valence-electron chi connectivity index (χ2n) is 8.21. The van der Waals surface area contributed by atoms with Crippen molar-refractivity contribution in [3.8, 4) is 17.0 Å². The molecule has 3 heterocycles. The Morgan fingerprint density at radius 3 is 2.75 bits per heavy atom. The summed E-state index contributed by atoms with van der Waals surface area (Å²) in [4.78, 5) is 12.4. The third-order valence-corrected chi connectivity index (χ3v) is 6.63. The van der Waals surface area contributed by atoms with E-state index in [4.69, 9.17) is 9.47 Å². The Morgan fingerprint density at radius 1 is 1.11 bits per heavy atom. The van der Waals surface area contributed by atoms with E-state index in [0.717, 1.165) is 51.6 Å². The van der Waals surface area contributed by atoms with E-state index in [1.165, 1.54) is 0 Å². The van der Waals surface area contributed by atoms with Gasteiger partial charge in [-0.25, -0.2) is 9.97 Å². The van der Waals surface area contributed by atoms with Crippen molar-refractivity contribution in [1.29, 1.82) is 0 Å². The number of H-pyrrole nitrogens is 1. The maximum Gasteiger partial charge on any atom is 0.145 e. The van der Waals surface area contributed by atoms with E-state index < -0.39 is 8.07 Å². The number of benzene rings is 1.